The standard InChI is InChI=1S/C12H12BrNO2/c1-4-16-12(15)9-5-7(2)8(3)11(13)10(9)6-14/h5H,4H2,1-3H3. The molecule has 0 N–H and O–H groups in total. The molecule has 0 aliphatic carbocycles. The number of ether oxygens (including phenoxy) is 1. The third-order valence-electron chi connectivity index (χ3n) is 2.38. The first-order valence-corrected chi connectivity index (χ1v) is 5.69. The molecule has 0 heterocycles. The number of carbonyl (C=O) groups excluding carboxylic acids is 1. The monoisotopic (exact) mass is 281 g/mol. The van der Waals surface area contributed by atoms with E-state index < -0.39 is 5.97 Å². The second-order valence-electron chi connectivity index (χ2n) is 3.39. The first-order valence-electron chi connectivity index (χ1n) is 4.89. The molecule has 0 fully saturated rings. The number of nitriles is 1. The maximum Gasteiger partial charge on any atom is 0.339 e. The molecule has 4 heteroatoms. The van der Waals surface area contributed by atoms with Crippen LogP contribution in [0.15, 0.2) is 10.5 Å². The van der Waals surface area contributed by atoms with Crippen molar-refractivity contribution in [3.05, 3.63) is 32.8 Å². The van der Waals surface area contributed by atoms with Crippen molar-refractivity contribution in [3.8, 4) is 6.07 Å². The Kier molecular flexibility index (Phi) is 4.08. The van der Waals surface area contributed by atoms with E-state index in [4.69, 9.17) is 10.00 Å². The Morgan fingerprint density at radius 1 is 1.56 bits per heavy atom. The van der Waals surface area contributed by atoms with Gasteiger partial charge in [-0.05, 0) is 53.9 Å². The van der Waals surface area contributed by atoms with Gasteiger partial charge in [0.1, 0.15) is 6.07 Å². The van der Waals surface area contributed by atoms with Crippen LogP contribution in [0.4, 0.5) is 0 Å². The molecule has 16 heavy (non-hydrogen) atoms. The number of carbonyl (C=O) groups is 1. The molecular formula is C12H12BrNO2. The van der Waals surface area contributed by atoms with Gasteiger partial charge in [-0.3, -0.25) is 0 Å². The number of rotatable bonds is 2. The normalized spacial score (nSPS) is 9.69. The third kappa shape index (κ3) is 2.25. The molecule has 0 amide bonds. The van der Waals surface area contributed by atoms with Gasteiger partial charge in [-0.25, -0.2) is 4.79 Å². The lowest BCUT2D eigenvalue weighted by atomic mass is 10.0. The van der Waals surface area contributed by atoms with E-state index >= 15 is 0 Å². The summed E-state index contributed by atoms with van der Waals surface area (Å²) in [4.78, 5) is 11.6. The summed E-state index contributed by atoms with van der Waals surface area (Å²) in [5.74, 6) is -0.456. The minimum absolute atomic E-state index is 0.300. The van der Waals surface area contributed by atoms with Gasteiger partial charge < -0.3 is 4.74 Å². The predicted octanol–water partition coefficient (Wildman–Crippen LogP) is 3.11. The number of esters is 1. The van der Waals surface area contributed by atoms with Crippen LogP contribution in [0.1, 0.15) is 34.0 Å². The fourth-order valence-corrected chi connectivity index (χ4v) is 1.97. The van der Waals surface area contributed by atoms with E-state index in [2.05, 4.69) is 15.9 Å². The van der Waals surface area contributed by atoms with Crippen LogP contribution in [-0.4, -0.2) is 12.6 Å². The molecule has 0 aromatic heterocycles. The second-order valence-corrected chi connectivity index (χ2v) is 4.18. The van der Waals surface area contributed by atoms with Crippen molar-refractivity contribution in [2.75, 3.05) is 6.61 Å². The lowest BCUT2D eigenvalue weighted by molar-refractivity contribution is 0.0526. The van der Waals surface area contributed by atoms with Crippen LogP contribution in [0.25, 0.3) is 0 Å². The van der Waals surface area contributed by atoms with Crippen molar-refractivity contribution >= 4 is 21.9 Å². The van der Waals surface area contributed by atoms with Crippen molar-refractivity contribution in [3.63, 3.8) is 0 Å². The summed E-state index contributed by atoms with van der Waals surface area (Å²) in [6.45, 7) is 5.83. The Balaban J connectivity index is 3.40. The van der Waals surface area contributed by atoms with Crippen molar-refractivity contribution in [2.24, 2.45) is 0 Å². The summed E-state index contributed by atoms with van der Waals surface area (Å²) in [6, 6.07) is 3.71. The summed E-state index contributed by atoms with van der Waals surface area (Å²) in [5, 5.41) is 9.04. The molecule has 0 radical (unpaired) electrons. The van der Waals surface area contributed by atoms with E-state index in [9.17, 15) is 4.79 Å². The molecule has 0 aliphatic heterocycles. The van der Waals surface area contributed by atoms with Crippen LogP contribution in [0.2, 0.25) is 0 Å². The van der Waals surface area contributed by atoms with E-state index in [1.165, 1.54) is 0 Å². The van der Waals surface area contributed by atoms with Crippen LogP contribution < -0.4 is 0 Å². The van der Waals surface area contributed by atoms with Gasteiger partial charge in [-0.2, -0.15) is 5.26 Å². The molecule has 1 aromatic carbocycles. The highest BCUT2D eigenvalue weighted by atomic mass is 79.9. The zero-order valence-corrected chi connectivity index (χ0v) is 11.0. The first-order chi connectivity index (χ1) is 7.52. The number of hydrogen-bond acceptors (Lipinski definition) is 3. The molecule has 0 spiro atoms. The summed E-state index contributed by atoms with van der Waals surface area (Å²) >= 11 is 3.33. The summed E-state index contributed by atoms with van der Waals surface area (Å²) < 4.78 is 5.57. The zero-order valence-electron chi connectivity index (χ0n) is 9.43. The van der Waals surface area contributed by atoms with E-state index in [1.54, 1.807) is 13.0 Å². The van der Waals surface area contributed by atoms with Crippen molar-refractivity contribution < 1.29 is 9.53 Å². The Morgan fingerprint density at radius 3 is 2.69 bits per heavy atom. The van der Waals surface area contributed by atoms with E-state index in [-0.39, 0.29) is 0 Å². The van der Waals surface area contributed by atoms with Crippen molar-refractivity contribution in [1.82, 2.24) is 0 Å². The van der Waals surface area contributed by atoms with Gasteiger partial charge in [-0.15, -0.1) is 0 Å². The highest BCUT2D eigenvalue weighted by Gasteiger charge is 2.18. The highest BCUT2D eigenvalue weighted by Crippen LogP contribution is 2.27. The van der Waals surface area contributed by atoms with Crippen LogP contribution in [0.3, 0.4) is 0 Å². The molecule has 1 rings (SSSR count). The summed E-state index contributed by atoms with van der Waals surface area (Å²) in [5.41, 5.74) is 2.57. The van der Waals surface area contributed by atoms with Crippen LogP contribution in [0, 0.1) is 25.2 Å². The number of hydrogen-bond donors (Lipinski definition) is 0. The lowest BCUT2D eigenvalue weighted by Gasteiger charge is -2.10. The smallest absolute Gasteiger partial charge is 0.339 e. The van der Waals surface area contributed by atoms with Gasteiger partial charge >= 0.3 is 5.97 Å². The molecule has 1 aromatic rings. The Morgan fingerprint density at radius 2 is 2.19 bits per heavy atom. The number of halogens is 1. The zero-order chi connectivity index (χ0) is 12.3. The fraction of sp³-hybridized carbons (Fsp3) is 0.333. The molecule has 0 aliphatic rings. The highest BCUT2D eigenvalue weighted by molar-refractivity contribution is 9.10. The average Bonchev–Trinajstić information content (AvgIpc) is 2.26. The molecular weight excluding hydrogens is 270 g/mol. The fourth-order valence-electron chi connectivity index (χ4n) is 1.35. The quantitative estimate of drug-likeness (QED) is 0.783. The largest absolute Gasteiger partial charge is 0.462 e. The van der Waals surface area contributed by atoms with Crippen LogP contribution >= 0.6 is 15.9 Å². The average molecular weight is 282 g/mol. The van der Waals surface area contributed by atoms with E-state index in [0.29, 0.717) is 22.2 Å². The maximum atomic E-state index is 11.6. The van der Waals surface area contributed by atoms with Gasteiger partial charge in [0.05, 0.1) is 17.7 Å². The molecule has 0 atom stereocenters. The van der Waals surface area contributed by atoms with Crippen LogP contribution in [0.5, 0.6) is 0 Å². The Labute approximate surface area is 103 Å². The van der Waals surface area contributed by atoms with Gasteiger partial charge in [0, 0.05) is 4.47 Å². The summed E-state index contributed by atoms with van der Waals surface area (Å²) in [6.07, 6.45) is 0. The number of benzene rings is 1. The minimum Gasteiger partial charge on any atom is -0.462 e. The van der Waals surface area contributed by atoms with Crippen molar-refractivity contribution in [2.45, 2.75) is 20.8 Å². The van der Waals surface area contributed by atoms with Gasteiger partial charge in [-0.1, -0.05) is 0 Å². The minimum atomic E-state index is -0.456. The summed E-state index contributed by atoms with van der Waals surface area (Å²) in [7, 11) is 0. The molecule has 0 bridgehead atoms. The Bertz CT molecular complexity index is 475. The Hall–Kier alpha value is -1.34. The molecule has 0 saturated carbocycles. The van der Waals surface area contributed by atoms with Gasteiger partial charge in [0.25, 0.3) is 0 Å². The van der Waals surface area contributed by atoms with E-state index in [1.807, 2.05) is 19.9 Å². The molecule has 84 valence electrons. The topological polar surface area (TPSA) is 50.1 Å². The maximum absolute atomic E-state index is 11.6. The number of aryl methyl sites for hydroxylation is 1. The van der Waals surface area contributed by atoms with Crippen LogP contribution in [-0.2, 0) is 4.74 Å². The molecule has 0 saturated heterocycles. The van der Waals surface area contributed by atoms with Crippen molar-refractivity contribution in [1.29, 1.82) is 5.26 Å². The molecule has 3 nitrogen and oxygen atoms in total. The lowest BCUT2D eigenvalue weighted by Crippen LogP contribution is -2.08. The second kappa shape index (κ2) is 5.13. The third-order valence-corrected chi connectivity index (χ3v) is 3.37. The number of nitrogens with zero attached hydrogens (tertiary/aromatic N) is 1. The van der Waals surface area contributed by atoms with E-state index in [0.717, 1.165) is 11.1 Å². The predicted molar refractivity (Wildman–Crippen MR) is 64.3 cm³/mol. The van der Waals surface area contributed by atoms with Gasteiger partial charge in [0.2, 0.25) is 0 Å². The van der Waals surface area contributed by atoms with Gasteiger partial charge in [0.15, 0.2) is 0 Å². The molecule has 0 unspecified atom stereocenters. The SMILES string of the molecule is CCOC(=O)c1cc(C)c(C)c(Br)c1C#N. The first kappa shape index (κ1) is 12.7.